The van der Waals surface area contributed by atoms with E-state index in [1.165, 1.54) is 10.9 Å². The van der Waals surface area contributed by atoms with E-state index in [9.17, 15) is 20.1 Å². The first-order valence-corrected chi connectivity index (χ1v) is 6.56. The summed E-state index contributed by atoms with van der Waals surface area (Å²) >= 11 is 0. The van der Waals surface area contributed by atoms with Crippen LogP contribution in [0.2, 0.25) is 0 Å². The maximum Gasteiger partial charge on any atom is 0.280 e. The number of anilines is 1. The van der Waals surface area contributed by atoms with Crippen LogP contribution in [0.4, 0.5) is 5.95 Å². The Hall–Kier alpha value is -2.05. The molecule has 1 aliphatic rings. The molecule has 0 aromatic carbocycles. The highest BCUT2D eigenvalue weighted by Gasteiger charge is 2.47. The average molecular weight is 312 g/mol. The first-order chi connectivity index (χ1) is 10.4. The number of nitrogens with zero attached hydrogens (tertiary/aromatic N) is 3. The van der Waals surface area contributed by atoms with E-state index in [4.69, 9.17) is 16.2 Å². The van der Waals surface area contributed by atoms with Crippen LogP contribution in [-0.2, 0) is 4.74 Å². The number of aromatic amines is 1. The minimum Gasteiger partial charge on any atom is -0.389 e. The number of nitrogens with two attached hydrogens (primary N) is 2. The summed E-state index contributed by atoms with van der Waals surface area (Å²) in [6, 6.07) is 0. The van der Waals surface area contributed by atoms with Crippen molar-refractivity contribution < 1.29 is 20.1 Å². The summed E-state index contributed by atoms with van der Waals surface area (Å²) in [5, 5.41) is 29.8. The Morgan fingerprint density at radius 3 is 2.86 bits per heavy atom. The van der Waals surface area contributed by atoms with Gasteiger partial charge in [0.15, 0.2) is 17.4 Å². The largest absolute Gasteiger partial charge is 0.389 e. The molecular weight excluding hydrogens is 296 g/mol. The van der Waals surface area contributed by atoms with Gasteiger partial charge in [0.2, 0.25) is 5.95 Å². The first kappa shape index (κ1) is 14.9. The van der Waals surface area contributed by atoms with Gasteiger partial charge >= 0.3 is 0 Å². The van der Waals surface area contributed by atoms with Gasteiger partial charge in [0.05, 0.1) is 12.4 Å². The third-order valence-corrected chi connectivity index (χ3v) is 3.62. The Bertz CT molecular complexity index is 744. The molecule has 0 saturated carbocycles. The molecule has 5 unspecified atom stereocenters. The summed E-state index contributed by atoms with van der Waals surface area (Å²) < 4.78 is 6.75. The van der Waals surface area contributed by atoms with Gasteiger partial charge in [0.25, 0.3) is 5.56 Å². The van der Waals surface area contributed by atoms with Gasteiger partial charge < -0.3 is 31.5 Å². The van der Waals surface area contributed by atoms with Crippen LogP contribution in [0, 0.1) is 0 Å². The number of nitrogen functional groups attached to an aromatic ring is 1. The minimum absolute atomic E-state index is 0.0160. The standard InChI is InChI=1S/C11H16N6O5/c12-1-3(18)7-5(19)6(20)10(22-7)17-2-14-4-8(17)15-11(13)16-9(4)21/h2-3,5-7,10,18-20H,1,12H2,(H3,13,15,16,21). The van der Waals surface area contributed by atoms with Gasteiger partial charge in [-0.15, -0.1) is 0 Å². The molecule has 8 N–H and O–H groups in total. The van der Waals surface area contributed by atoms with Crippen LogP contribution in [0.1, 0.15) is 6.23 Å². The Morgan fingerprint density at radius 2 is 2.18 bits per heavy atom. The number of aliphatic hydroxyl groups excluding tert-OH is 3. The number of nitrogens with one attached hydrogen (secondary N) is 1. The topological polar surface area (TPSA) is 186 Å². The van der Waals surface area contributed by atoms with Crippen molar-refractivity contribution in [2.24, 2.45) is 5.73 Å². The van der Waals surface area contributed by atoms with Gasteiger partial charge in [-0.05, 0) is 0 Å². The summed E-state index contributed by atoms with van der Waals surface area (Å²) in [6.07, 6.45) is -4.76. The molecule has 22 heavy (non-hydrogen) atoms. The zero-order valence-electron chi connectivity index (χ0n) is 11.3. The molecule has 0 radical (unpaired) electrons. The van der Waals surface area contributed by atoms with E-state index >= 15 is 0 Å². The number of hydrogen-bond donors (Lipinski definition) is 6. The van der Waals surface area contributed by atoms with Crippen LogP contribution in [0.25, 0.3) is 11.2 Å². The number of ether oxygens (including phenoxy) is 1. The van der Waals surface area contributed by atoms with E-state index in [0.29, 0.717) is 0 Å². The second-order valence-corrected chi connectivity index (χ2v) is 5.05. The lowest BCUT2D eigenvalue weighted by Crippen LogP contribution is -2.42. The molecule has 0 spiro atoms. The molecule has 11 heteroatoms. The molecule has 0 amide bonds. The molecule has 0 bridgehead atoms. The zero-order chi connectivity index (χ0) is 16.0. The molecule has 2 aromatic rings. The molecule has 1 fully saturated rings. The normalized spacial score (nSPS) is 30.0. The number of rotatable bonds is 3. The van der Waals surface area contributed by atoms with Crippen molar-refractivity contribution in [1.29, 1.82) is 0 Å². The Morgan fingerprint density at radius 1 is 1.45 bits per heavy atom. The van der Waals surface area contributed by atoms with Gasteiger partial charge in [-0.1, -0.05) is 0 Å². The molecule has 1 aliphatic heterocycles. The van der Waals surface area contributed by atoms with Crippen molar-refractivity contribution in [3.05, 3.63) is 16.7 Å². The van der Waals surface area contributed by atoms with Gasteiger partial charge in [-0.2, -0.15) is 4.98 Å². The van der Waals surface area contributed by atoms with Crippen LogP contribution in [0.15, 0.2) is 11.1 Å². The molecule has 3 rings (SSSR count). The van der Waals surface area contributed by atoms with Gasteiger partial charge in [-0.25, -0.2) is 4.98 Å². The van der Waals surface area contributed by atoms with E-state index in [1.54, 1.807) is 0 Å². The second-order valence-electron chi connectivity index (χ2n) is 5.05. The van der Waals surface area contributed by atoms with Crippen molar-refractivity contribution in [2.45, 2.75) is 30.6 Å². The van der Waals surface area contributed by atoms with E-state index in [2.05, 4.69) is 15.0 Å². The van der Waals surface area contributed by atoms with Crippen molar-refractivity contribution >= 4 is 17.1 Å². The quantitative estimate of drug-likeness (QED) is 0.336. The van der Waals surface area contributed by atoms with E-state index < -0.39 is 36.2 Å². The minimum atomic E-state index is -1.36. The number of fused-ring (bicyclic) bond motifs is 1. The van der Waals surface area contributed by atoms with E-state index in [-0.39, 0.29) is 23.7 Å². The van der Waals surface area contributed by atoms with Gasteiger partial charge in [0, 0.05) is 6.54 Å². The number of aliphatic hydroxyl groups is 3. The Kier molecular flexibility index (Phi) is 3.58. The highest BCUT2D eigenvalue weighted by Crippen LogP contribution is 2.32. The summed E-state index contributed by atoms with van der Waals surface area (Å²) in [7, 11) is 0. The smallest absolute Gasteiger partial charge is 0.280 e. The predicted octanol–water partition coefficient (Wildman–Crippen LogP) is -3.36. The lowest BCUT2D eigenvalue weighted by Gasteiger charge is -2.19. The van der Waals surface area contributed by atoms with Gasteiger partial charge in [0.1, 0.15) is 18.3 Å². The number of aromatic nitrogens is 4. The predicted molar refractivity (Wildman–Crippen MR) is 73.5 cm³/mol. The van der Waals surface area contributed by atoms with Crippen LogP contribution < -0.4 is 17.0 Å². The number of H-pyrrole nitrogens is 1. The third-order valence-electron chi connectivity index (χ3n) is 3.62. The Balaban J connectivity index is 2.03. The number of hydrogen-bond acceptors (Lipinski definition) is 9. The third kappa shape index (κ3) is 2.15. The van der Waals surface area contributed by atoms with Crippen LogP contribution in [0.3, 0.4) is 0 Å². The van der Waals surface area contributed by atoms with Crippen LogP contribution in [-0.4, -0.2) is 65.8 Å². The monoisotopic (exact) mass is 312 g/mol. The fourth-order valence-corrected chi connectivity index (χ4v) is 2.50. The molecule has 3 heterocycles. The summed E-state index contributed by atoms with van der Waals surface area (Å²) in [5.74, 6) is -0.120. The van der Waals surface area contributed by atoms with Crippen LogP contribution in [0.5, 0.6) is 0 Å². The maximum absolute atomic E-state index is 11.7. The highest BCUT2D eigenvalue weighted by atomic mass is 16.6. The first-order valence-electron chi connectivity index (χ1n) is 6.56. The average Bonchev–Trinajstić information content (AvgIpc) is 3.01. The lowest BCUT2D eigenvalue weighted by molar-refractivity contribution is -0.0803. The molecule has 5 atom stereocenters. The highest BCUT2D eigenvalue weighted by molar-refractivity contribution is 5.70. The van der Waals surface area contributed by atoms with Gasteiger partial charge in [-0.3, -0.25) is 14.3 Å². The van der Waals surface area contributed by atoms with Crippen molar-refractivity contribution in [1.82, 2.24) is 19.5 Å². The molecule has 11 nitrogen and oxygen atoms in total. The number of imidazole rings is 1. The van der Waals surface area contributed by atoms with Crippen molar-refractivity contribution in [3.63, 3.8) is 0 Å². The molecule has 1 saturated heterocycles. The van der Waals surface area contributed by atoms with Crippen LogP contribution >= 0.6 is 0 Å². The summed E-state index contributed by atoms with van der Waals surface area (Å²) in [4.78, 5) is 21.9. The van der Waals surface area contributed by atoms with Crippen molar-refractivity contribution in [2.75, 3.05) is 12.3 Å². The molecular formula is C11H16N6O5. The van der Waals surface area contributed by atoms with Crippen molar-refractivity contribution in [3.8, 4) is 0 Å². The maximum atomic E-state index is 11.7. The van der Waals surface area contributed by atoms with E-state index in [0.717, 1.165) is 0 Å². The molecule has 0 aliphatic carbocycles. The second kappa shape index (κ2) is 5.30. The summed E-state index contributed by atoms with van der Waals surface area (Å²) in [6.45, 7) is -0.142. The van der Waals surface area contributed by atoms with E-state index in [1.807, 2.05) is 0 Å². The Labute approximate surface area is 123 Å². The lowest BCUT2D eigenvalue weighted by atomic mass is 10.1. The fraction of sp³-hybridized carbons (Fsp3) is 0.545. The fourth-order valence-electron chi connectivity index (χ4n) is 2.50. The summed E-state index contributed by atoms with van der Waals surface area (Å²) in [5.41, 5.74) is 10.4. The molecule has 2 aromatic heterocycles. The molecule has 120 valence electrons. The zero-order valence-corrected chi connectivity index (χ0v) is 11.3. The SMILES string of the molecule is NCC(O)C1OC(n2cnc3c(=O)[nH]c(N)nc32)C(O)C1O.